The summed E-state index contributed by atoms with van der Waals surface area (Å²) in [5, 5.41) is 0. The molecule has 1 aliphatic rings. The molecular weight excluding hydrogens is 115 g/mol. The van der Waals surface area contributed by atoms with Crippen molar-refractivity contribution in [2.45, 2.75) is 5.85 Å². The molecule has 0 aromatic heterocycles. The fourth-order valence-electron chi connectivity index (χ4n) is 0.342. The third-order valence-corrected chi connectivity index (χ3v) is 0.942. The first kappa shape index (κ1) is 4.85. The number of hydrogen-bond donors (Lipinski definition) is 0. The fraction of sp³-hybridized carbons (Fsp3) is 0.667. The fourth-order valence-corrected chi connectivity index (χ4v) is 0.549. The second-order valence-electron chi connectivity index (χ2n) is 1.22. The molecule has 0 spiro atoms. The SMILES string of the molecule is O=C1OCC(P)O1. The average molecular weight is 120 g/mol. The lowest BCUT2D eigenvalue weighted by Crippen LogP contribution is -1.96. The van der Waals surface area contributed by atoms with Crippen molar-refractivity contribution in [3.8, 4) is 0 Å². The monoisotopic (exact) mass is 120 g/mol. The van der Waals surface area contributed by atoms with Crippen molar-refractivity contribution >= 4 is 15.4 Å². The van der Waals surface area contributed by atoms with E-state index in [2.05, 4.69) is 18.7 Å². The van der Waals surface area contributed by atoms with E-state index in [-0.39, 0.29) is 5.85 Å². The Hall–Kier alpha value is -0.300. The van der Waals surface area contributed by atoms with Gasteiger partial charge in [0.2, 0.25) is 0 Å². The second kappa shape index (κ2) is 1.66. The van der Waals surface area contributed by atoms with Crippen molar-refractivity contribution in [1.82, 2.24) is 0 Å². The minimum absolute atomic E-state index is 0.132. The summed E-state index contributed by atoms with van der Waals surface area (Å²) in [6.45, 7) is 0.365. The molecule has 40 valence electrons. The Morgan fingerprint density at radius 2 is 2.57 bits per heavy atom. The van der Waals surface area contributed by atoms with Crippen LogP contribution in [-0.2, 0) is 9.47 Å². The van der Waals surface area contributed by atoms with Gasteiger partial charge in [0.1, 0.15) is 6.61 Å². The third kappa shape index (κ3) is 1.03. The zero-order chi connectivity index (χ0) is 5.28. The van der Waals surface area contributed by atoms with E-state index in [1.165, 1.54) is 0 Å². The molecule has 1 heterocycles. The Morgan fingerprint density at radius 1 is 1.86 bits per heavy atom. The van der Waals surface area contributed by atoms with E-state index in [1.54, 1.807) is 0 Å². The summed E-state index contributed by atoms with van der Waals surface area (Å²) in [6, 6.07) is 0. The Morgan fingerprint density at radius 3 is 2.71 bits per heavy atom. The Balaban J connectivity index is 2.40. The first-order valence-electron chi connectivity index (χ1n) is 1.88. The van der Waals surface area contributed by atoms with E-state index in [4.69, 9.17) is 0 Å². The largest absolute Gasteiger partial charge is 0.509 e. The van der Waals surface area contributed by atoms with Gasteiger partial charge in [-0.2, -0.15) is 0 Å². The molecule has 0 radical (unpaired) electrons. The van der Waals surface area contributed by atoms with Crippen LogP contribution in [0.2, 0.25) is 0 Å². The van der Waals surface area contributed by atoms with Crippen LogP contribution in [0.3, 0.4) is 0 Å². The van der Waals surface area contributed by atoms with Crippen LogP contribution in [0, 0.1) is 0 Å². The number of rotatable bonds is 0. The van der Waals surface area contributed by atoms with Crippen LogP contribution in [0.5, 0.6) is 0 Å². The van der Waals surface area contributed by atoms with Gasteiger partial charge in [-0.1, -0.05) is 9.24 Å². The van der Waals surface area contributed by atoms with Crippen LogP contribution in [0.4, 0.5) is 4.79 Å². The van der Waals surface area contributed by atoms with Gasteiger partial charge in [-0.3, -0.25) is 0 Å². The maximum atomic E-state index is 10.00. The molecule has 1 rings (SSSR count). The summed E-state index contributed by atoms with van der Waals surface area (Å²) in [5.41, 5.74) is 0. The molecule has 2 unspecified atom stereocenters. The van der Waals surface area contributed by atoms with Gasteiger partial charge in [0.15, 0.2) is 5.85 Å². The van der Waals surface area contributed by atoms with Crippen molar-refractivity contribution in [2.24, 2.45) is 0 Å². The standard InChI is InChI=1S/C3H5O3P/c4-3-5-1-2(7)6-3/h2H,1,7H2. The molecule has 1 aliphatic heterocycles. The molecule has 0 saturated carbocycles. The van der Waals surface area contributed by atoms with Gasteiger partial charge in [-0.05, 0) is 0 Å². The number of ether oxygens (including phenoxy) is 2. The van der Waals surface area contributed by atoms with E-state index in [9.17, 15) is 4.79 Å². The molecule has 3 nitrogen and oxygen atoms in total. The Labute approximate surface area is 43.2 Å². The first-order chi connectivity index (χ1) is 3.29. The van der Waals surface area contributed by atoms with Gasteiger partial charge in [0.05, 0.1) is 0 Å². The van der Waals surface area contributed by atoms with Crippen LogP contribution >= 0.6 is 9.24 Å². The summed E-state index contributed by atoms with van der Waals surface area (Å²) in [6.07, 6.45) is -0.569. The van der Waals surface area contributed by atoms with E-state index < -0.39 is 6.16 Å². The minimum Gasteiger partial charge on any atom is -0.430 e. The quantitative estimate of drug-likeness (QED) is 0.342. The molecule has 0 aromatic carbocycles. The normalized spacial score (nSPS) is 29.3. The molecular formula is C3H5O3P. The molecule has 2 atom stereocenters. The van der Waals surface area contributed by atoms with Crippen molar-refractivity contribution in [3.63, 3.8) is 0 Å². The predicted octanol–water partition coefficient (Wildman–Crippen LogP) is 0.354. The molecule has 4 heteroatoms. The van der Waals surface area contributed by atoms with Gasteiger partial charge in [0, 0.05) is 0 Å². The maximum absolute atomic E-state index is 10.00. The van der Waals surface area contributed by atoms with Gasteiger partial charge in [-0.15, -0.1) is 0 Å². The van der Waals surface area contributed by atoms with E-state index in [0.717, 1.165) is 0 Å². The summed E-state index contributed by atoms with van der Waals surface area (Å²) in [5.74, 6) is -0.132. The number of carbonyl (C=O) groups excluding carboxylic acids is 1. The van der Waals surface area contributed by atoms with Crippen molar-refractivity contribution in [1.29, 1.82) is 0 Å². The molecule has 0 aromatic rings. The van der Waals surface area contributed by atoms with E-state index >= 15 is 0 Å². The molecule has 0 bridgehead atoms. The van der Waals surface area contributed by atoms with Crippen LogP contribution in [0.15, 0.2) is 0 Å². The highest BCUT2D eigenvalue weighted by atomic mass is 31.0. The molecule has 1 saturated heterocycles. The summed E-state index contributed by atoms with van der Waals surface area (Å²) >= 11 is 0. The molecule has 0 aliphatic carbocycles. The lowest BCUT2D eigenvalue weighted by Gasteiger charge is -1.90. The lowest BCUT2D eigenvalue weighted by atomic mass is 10.8. The Bertz CT molecular complexity index is 92.2. The average Bonchev–Trinajstić information content (AvgIpc) is 1.87. The van der Waals surface area contributed by atoms with Gasteiger partial charge < -0.3 is 9.47 Å². The lowest BCUT2D eigenvalue weighted by molar-refractivity contribution is 0.129. The van der Waals surface area contributed by atoms with E-state index in [1.807, 2.05) is 0 Å². The minimum atomic E-state index is -0.569. The third-order valence-electron chi connectivity index (χ3n) is 0.613. The van der Waals surface area contributed by atoms with Crippen molar-refractivity contribution < 1.29 is 14.3 Å². The molecule has 7 heavy (non-hydrogen) atoms. The second-order valence-corrected chi connectivity index (χ2v) is 1.96. The topological polar surface area (TPSA) is 35.5 Å². The van der Waals surface area contributed by atoms with Crippen LogP contribution < -0.4 is 0 Å². The summed E-state index contributed by atoms with van der Waals surface area (Å²) < 4.78 is 8.85. The first-order valence-corrected chi connectivity index (χ1v) is 2.54. The van der Waals surface area contributed by atoms with Crippen LogP contribution in [0.25, 0.3) is 0 Å². The summed E-state index contributed by atoms with van der Waals surface area (Å²) in [7, 11) is 2.33. The highest BCUT2D eigenvalue weighted by Crippen LogP contribution is 2.10. The number of cyclic esters (lactones) is 2. The molecule has 0 N–H and O–H groups in total. The van der Waals surface area contributed by atoms with Crippen LogP contribution in [-0.4, -0.2) is 18.6 Å². The zero-order valence-corrected chi connectivity index (χ0v) is 4.74. The highest BCUT2D eigenvalue weighted by Gasteiger charge is 2.19. The predicted molar refractivity (Wildman–Crippen MR) is 25.9 cm³/mol. The van der Waals surface area contributed by atoms with Crippen molar-refractivity contribution in [2.75, 3.05) is 6.61 Å². The van der Waals surface area contributed by atoms with Gasteiger partial charge in [-0.25, -0.2) is 4.79 Å². The van der Waals surface area contributed by atoms with Gasteiger partial charge in [0.25, 0.3) is 0 Å². The van der Waals surface area contributed by atoms with Crippen molar-refractivity contribution in [3.05, 3.63) is 0 Å². The Kier molecular flexibility index (Phi) is 1.15. The molecule has 1 fully saturated rings. The number of hydrogen-bond acceptors (Lipinski definition) is 3. The highest BCUT2D eigenvalue weighted by molar-refractivity contribution is 7.17. The van der Waals surface area contributed by atoms with Gasteiger partial charge >= 0.3 is 6.16 Å². The molecule has 0 amide bonds. The zero-order valence-electron chi connectivity index (χ0n) is 3.59. The van der Waals surface area contributed by atoms with E-state index in [0.29, 0.717) is 6.61 Å². The maximum Gasteiger partial charge on any atom is 0.509 e. The number of carbonyl (C=O) groups is 1. The summed E-state index contributed by atoms with van der Waals surface area (Å²) in [4.78, 5) is 10.00. The smallest absolute Gasteiger partial charge is 0.430 e. The van der Waals surface area contributed by atoms with Crippen LogP contribution in [0.1, 0.15) is 0 Å².